The lowest BCUT2D eigenvalue weighted by molar-refractivity contribution is 0.992. The van der Waals surface area contributed by atoms with E-state index in [-0.39, 0.29) is 6.04 Å². The van der Waals surface area contributed by atoms with E-state index in [1.807, 2.05) is 6.07 Å². The first kappa shape index (κ1) is 15.1. The van der Waals surface area contributed by atoms with Crippen LogP contribution in [0, 0.1) is 6.92 Å². The molecule has 0 saturated carbocycles. The molecule has 0 aliphatic heterocycles. The van der Waals surface area contributed by atoms with E-state index >= 15 is 0 Å². The van der Waals surface area contributed by atoms with E-state index in [1.54, 1.807) is 22.7 Å². The van der Waals surface area contributed by atoms with Crippen LogP contribution in [-0.4, -0.2) is 0 Å². The van der Waals surface area contributed by atoms with E-state index in [0.717, 1.165) is 14.5 Å². The predicted octanol–water partition coefficient (Wildman–Crippen LogP) is 6.74. The normalized spacial score (nSPS) is 12.3. The Bertz CT molecular complexity index is 737. The second-order valence-electron chi connectivity index (χ2n) is 4.70. The molecule has 5 heteroatoms. The van der Waals surface area contributed by atoms with Gasteiger partial charge in [-0.05, 0) is 54.3 Å². The lowest BCUT2D eigenvalue weighted by atomic mass is 10.1. The average Bonchev–Trinajstić information content (AvgIpc) is 3.11. The SMILES string of the molecule is Cc1cc(NC(c2cccs2)c2ccc(Cl)s2)ccc1Br. The number of hydrogen-bond donors (Lipinski definition) is 1. The number of benzene rings is 1. The summed E-state index contributed by atoms with van der Waals surface area (Å²) in [5.41, 5.74) is 2.33. The molecule has 2 heterocycles. The lowest BCUT2D eigenvalue weighted by Crippen LogP contribution is -2.09. The zero-order chi connectivity index (χ0) is 14.8. The Morgan fingerprint density at radius 1 is 1.14 bits per heavy atom. The highest BCUT2D eigenvalue weighted by atomic mass is 79.9. The molecule has 0 saturated heterocycles. The van der Waals surface area contributed by atoms with Crippen LogP contribution in [0.5, 0.6) is 0 Å². The smallest absolute Gasteiger partial charge is 0.0954 e. The minimum Gasteiger partial charge on any atom is -0.373 e. The third-order valence-corrected chi connectivity index (χ3v) is 6.30. The van der Waals surface area contributed by atoms with Gasteiger partial charge in [0.1, 0.15) is 0 Å². The van der Waals surface area contributed by atoms with Crippen molar-refractivity contribution in [1.82, 2.24) is 0 Å². The fraction of sp³-hybridized carbons (Fsp3) is 0.125. The molecule has 1 atom stereocenters. The van der Waals surface area contributed by atoms with E-state index in [4.69, 9.17) is 11.6 Å². The molecule has 2 aromatic heterocycles. The monoisotopic (exact) mass is 397 g/mol. The van der Waals surface area contributed by atoms with Crippen molar-refractivity contribution in [2.45, 2.75) is 13.0 Å². The summed E-state index contributed by atoms with van der Waals surface area (Å²) in [5.74, 6) is 0. The van der Waals surface area contributed by atoms with Gasteiger partial charge in [0, 0.05) is 19.9 Å². The number of rotatable bonds is 4. The van der Waals surface area contributed by atoms with Crippen molar-refractivity contribution < 1.29 is 0 Å². The fourth-order valence-electron chi connectivity index (χ4n) is 2.12. The molecule has 0 aliphatic rings. The third-order valence-electron chi connectivity index (χ3n) is 3.18. The van der Waals surface area contributed by atoms with E-state index in [9.17, 15) is 0 Å². The van der Waals surface area contributed by atoms with Gasteiger partial charge in [-0.3, -0.25) is 0 Å². The summed E-state index contributed by atoms with van der Waals surface area (Å²) in [6.07, 6.45) is 0. The summed E-state index contributed by atoms with van der Waals surface area (Å²) in [6, 6.07) is 14.7. The second kappa shape index (κ2) is 6.53. The quantitative estimate of drug-likeness (QED) is 0.513. The van der Waals surface area contributed by atoms with Gasteiger partial charge >= 0.3 is 0 Å². The number of nitrogens with one attached hydrogen (secondary N) is 1. The minimum absolute atomic E-state index is 0.142. The van der Waals surface area contributed by atoms with E-state index in [1.165, 1.54) is 15.3 Å². The lowest BCUT2D eigenvalue weighted by Gasteiger charge is -2.18. The highest BCUT2D eigenvalue weighted by Gasteiger charge is 2.17. The summed E-state index contributed by atoms with van der Waals surface area (Å²) in [5, 5.41) is 5.72. The number of hydrogen-bond acceptors (Lipinski definition) is 3. The molecule has 108 valence electrons. The van der Waals surface area contributed by atoms with Crippen molar-refractivity contribution in [3.63, 3.8) is 0 Å². The van der Waals surface area contributed by atoms with Gasteiger partial charge in [-0.1, -0.05) is 33.6 Å². The predicted molar refractivity (Wildman–Crippen MR) is 98.0 cm³/mol. The molecule has 3 aromatic rings. The Balaban J connectivity index is 1.94. The van der Waals surface area contributed by atoms with Crippen molar-refractivity contribution in [2.24, 2.45) is 0 Å². The van der Waals surface area contributed by atoms with Crippen molar-refractivity contribution in [3.05, 3.63) is 72.0 Å². The van der Waals surface area contributed by atoms with Gasteiger partial charge in [0.25, 0.3) is 0 Å². The number of anilines is 1. The molecule has 0 fully saturated rings. The van der Waals surface area contributed by atoms with Gasteiger partial charge in [0.15, 0.2) is 0 Å². The van der Waals surface area contributed by atoms with Gasteiger partial charge < -0.3 is 5.32 Å². The summed E-state index contributed by atoms with van der Waals surface area (Å²) in [6.45, 7) is 2.09. The van der Waals surface area contributed by atoms with E-state index < -0.39 is 0 Å². The first-order valence-electron chi connectivity index (χ1n) is 6.45. The van der Waals surface area contributed by atoms with Gasteiger partial charge in [0.2, 0.25) is 0 Å². The Morgan fingerprint density at radius 3 is 2.62 bits per heavy atom. The van der Waals surface area contributed by atoms with E-state index in [2.05, 4.69) is 69.9 Å². The molecule has 1 N–H and O–H groups in total. The van der Waals surface area contributed by atoms with Crippen molar-refractivity contribution in [2.75, 3.05) is 5.32 Å². The third kappa shape index (κ3) is 3.51. The molecule has 0 bridgehead atoms. The summed E-state index contributed by atoms with van der Waals surface area (Å²) in [4.78, 5) is 2.51. The maximum absolute atomic E-state index is 6.10. The maximum Gasteiger partial charge on any atom is 0.0954 e. The highest BCUT2D eigenvalue weighted by Crippen LogP contribution is 2.36. The van der Waals surface area contributed by atoms with Crippen molar-refractivity contribution in [1.29, 1.82) is 0 Å². The molecule has 0 amide bonds. The summed E-state index contributed by atoms with van der Waals surface area (Å²) >= 11 is 13.0. The standard InChI is InChI=1S/C16H13BrClNS2/c1-10-9-11(4-5-12(10)17)19-16(13-3-2-8-20-13)14-6-7-15(18)21-14/h2-9,16,19H,1H3. The zero-order valence-electron chi connectivity index (χ0n) is 11.3. The number of aryl methyl sites for hydroxylation is 1. The van der Waals surface area contributed by atoms with Crippen molar-refractivity contribution >= 4 is 55.9 Å². The first-order valence-corrected chi connectivity index (χ1v) is 9.31. The van der Waals surface area contributed by atoms with E-state index in [0.29, 0.717) is 0 Å². The molecule has 1 aromatic carbocycles. The Labute approximate surface area is 145 Å². The highest BCUT2D eigenvalue weighted by molar-refractivity contribution is 9.10. The number of thiophene rings is 2. The summed E-state index contributed by atoms with van der Waals surface area (Å²) < 4.78 is 1.94. The largest absolute Gasteiger partial charge is 0.373 e. The van der Waals surface area contributed by atoms with Crippen LogP contribution in [-0.2, 0) is 0 Å². The molecular weight excluding hydrogens is 386 g/mol. The first-order chi connectivity index (χ1) is 10.1. The topological polar surface area (TPSA) is 12.0 Å². The zero-order valence-corrected chi connectivity index (χ0v) is 15.2. The Hall–Kier alpha value is -0.810. The van der Waals surface area contributed by atoms with Crippen molar-refractivity contribution in [3.8, 4) is 0 Å². The van der Waals surface area contributed by atoms with Crippen LogP contribution >= 0.6 is 50.2 Å². The number of halogens is 2. The molecule has 1 unspecified atom stereocenters. The minimum atomic E-state index is 0.142. The fourth-order valence-corrected chi connectivity index (χ4v) is 4.37. The maximum atomic E-state index is 6.10. The summed E-state index contributed by atoms with van der Waals surface area (Å²) in [7, 11) is 0. The van der Waals surface area contributed by atoms with Crippen LogP contribution in [0.15, 0.2) is 52.3 Å². The van der Waals surface area contributed by atoms with Crippen LogP contribution in [0.3, 0.4) is 0 Å². The molecule has 0 radical (unpaired) electrons. The Morgan fingerprint density at radius 2 is 2.00 bits per heavy atom. The van der Waals surface area contributed by atoms with Gasteiger partial charge in [-0.25, -0.2) is 0 Å². The molecular formula is C16H13BrClNS2. The Kier molecular flexibility index (Phi) is 4.69. The second-order valence-corrected chi connectivity index (χ2v) is 8.28. The van der Waals surface area contributed by atoms with Crippen LogP contribution in [0.4, 0.5) is 5.69 Å². The molecule has 0 spiro atoms. The van der Waals surface area contributed by atoms with Crippen LogP contribution < -0.4 is 5.32 Å². The van der Waals surface area contributed by atoms with Crippen LogP contribution in [0.25, 0.3) is 0 Å². The molecule has 3 rings (SSSR count). The van der Waals surface area contributed by atoms with Crippen LogP contribution in [0.2, 0.25) is 4.34 Å². The van der Waals surface area contributed by atoms with Crippen LogP contribution in [0.1, 0.15) is 21.4 Å². The molecule has 0 aliphatic carbocycles. The van der Waals surface area contributed by atoms with Gasteiger partial charge in [-0.2, -0.15) is 0 Å². The van der Waals surface area contributed by atoms with Gasteiger partial charge in [0.05, 0.1) is 10.4 Å². The average molecular weight is 399 g/mol. The molecule has 21 heavy (non-hydrogen) atoms. The van der Waals surface area contributed by atoms with Gasteiger partial charge in [-0.15, -0.1) is 22.7 Å². The molecule has 1 nitrogen and oxygen atoms in total.